The molecule has 0 unspecified atom stereocenters. The van der Waals surface area contributed by atoms with Gasteiger partial charge in [0.05, 0.1) is 16.6 Å². The first-order valence-electron chi connectivity index (χ1n) is 6.99. The molecule has 0 spiro atoms. The van der Waals surface area contributed by atoms with Crippen molar-refractivity contribution in [3.8, 4) is 0 Å². The van der Waals surface area contributed by atoms with Gasteiger partial charge < -0.3 is 10.3 Å². The largest absolute Gasteiger partial charge is 0.382 e. The Kier molecular flexibility index (Phi) is 2.56. The first-order chi connectivity index (χ1) is 10.7. The summed E-state index contributed by atoms with van der Waals surface area (Å²) in [4.78, 5) is 13.0. The zero-order chi connectivity index (χ0) is 15.3. The molecule has 0 aliphatic heterocycles. The van der Waals surface area contributed by atoms with E-state index in [1.54, 1.807) is 0 Å². The van der Waals surface area contributed by atoms with Gasteiger partial charge in [0.1, 0.15) is 0 Å². The number of aromatic nitrogens is 3. The van der Waals surface area contributed by atoms with Crippen LogP contribution in [0, 0.1) is 0 Å². The molecule has 0 saturated carbocycles. The number of fused-ring (bicyclic) bond motifs is 2. The van der Waals surface area contributed by atoms with Crippen molar-refractivity contribution < 1.29 is 4.79 Å². The monoisotopic (exact) mass is 290 g/mol. The van der Waals surface area contributed by atoms with Crippen LogP contribution in [0.1, 0.15) is 10.4 Å². The minimum Gasteiger partial charge on any atom is -0.382 e. The molecule has 0 aliphatic rings. The van der Waals surface area contributed by atoms with Gasteiger partial charge in [0.25, 0.3) is 5.91 Å². The molecule has 2 heterocycles. The van der Waals surface area contributed by atoms with E-state index in [2.05, 4.69) is 5.10 Å². The van der Waals surface area contributed by atoms with E-state index < -0.39 is 0 Å². The highest BCUT2D eigenvalue weighted by Crippen LogP contribution is 2.24. The Hall–Kier alpha value is -3.08. The van der Waals surface area contributed by atoms with Crippen LogP contribution in [0.2, 0.25) is 0 Å². The van der Waals surface area contributed by atoms with E-state index in [1.807, 2.05) is 66.3 Å². The van der Waals surface area contributed by atoms with E-state index >= 15 is 0 Å². The highest BCUT2D eigenvalue weighted by molar-refractivity contribution is 6.10. The van der Waals surface area contributed by atoms with Gasteiger partial charge >= 0.3 is 0 Å². The van der Waals surface area contributed by atoms with Crippen LogP contribution in [0.5, 0.6) is 0 Å². The van der Waals surface area contributed by atoms with Gasteiger partial charge in [-0.3, -0.25) is 4.79 Å². The first-order valence-corrected chi connectivity index (χ1v) is 6.99. The number of carbonyl (C=O) groups is 1. The molecule has 2 N–H and O–H groups in total. The molecule has 5 heteroatoms. The summed E-state index contributed by atoms with van der Waals surface area (Å²) in [5, 5.41) is 6.04. The summed E-state index contributed by atoms with van der Waals surface area (Å²) in [5.41, 5.74) is 8.15. The van der Waals surface area contributed by atoms with Crippen LogP contribution < -0.4 is 5.73 Å². The minimum atomic E-state index is -0.180. The smallest absolute Gasteiger partial charge is 0.280 e. The number of hydrogen-bond acceptors (Lipinski definition) is 3. The van der Waals surface area contributed by atoms with Crippen molar-refractivity contribution in [1.82, 2.24) is 14.3 Å². The lowest BCUT2D eigenvalue weighted by molar-refractivity contribution is 0.0952. The fraction of sp³-hybridized carbons (Fsp3) is 0.0588. The highest BCUT2D eigenvalue weighted by atomic mass is 16.2. The summed E-state index contributed by atoms with van der Waals surface area (Å²) in [7, 11) is 1.93. The molecule has 0 bridgehead atoms. The average molecular weight is 290 g/mol. The van der Waals surface area contributed by atoms with E-state index in [0.717, 1.165) is 21.8 Å². The maximum atomic E-state index is 13.0. The molecule has 0 fully saturated rings. The van der Waals surface area contributed by atoms with Crippen molar-refractivity contribution in [2.24, 2.45) is 7.05 Å². The minimum absolute atomic E-state index is 0.180. The van der Waals surface area contributed by atoms with Crippen LogP contribution in [0.3, 0.4) is 0 Å². The van der Waals surface area contributed by atoms with Crippen molar-refractivity contribution in [3.63, 3.8) is 0 Å². The average Bonchev–Trinajstić information content (AvgIpc) is 3.08. The number of benzene rings is 2. The van der Waals surface area contributed by atoms with E-state index in [-0.39, 0.29) is 5.91 Å². The predicted octanol–water partition coefficient (Wildman–Crippen LogP) is 2.80. The maximum Gasteiger partial charge on any atom is 0.280 e. The van der Waals surface area contributed by atoms with Gasteiger partial charge in [0.15, 0.2) is 5.82 Å². The van der Waals surface area contributed by atoms with Gasteiger partial charge in [0.2, 0.25) is 0 Å². The van der Waals surface area contributed by atoms with Crippen LogP contribution in [-0.2, 0) is 7.05 Å². The summed E-state index contributed by atoms with van der Waals surface area (Å²) in [6.07, 6.45) is 1.94. The predicted molar refractivity (Wildman–Crippen MR) is 86.8 cm³/mol. The third-order valence-electron chi connectivity index (χ3n) is 3.94. The maximum absolute atomic E-state index is 13.0. The molecule has 0 atom stereocenters. The fourth-order valence-corrected chi connectivity index (χ4v) is 2.89. The molecule has 5 nitrogen and oxygen atoms in total. The lowest BCUT2D eigenvalue weighted by atomic mass is 10.1. The summed E-state index contributed by atoms with van der Waals surface area (Å²) in [6, 6.07) is 15.1. The number of rotatable bonds is 1. The second-order valence-electron chi connectivity index (χ2n) is 5.29. The molecule has 22 heavy (non-hydrogen) atoms. The van der Waals surface area contributed by atoms with E-state index in [1.165, 1.54) is 4.68 Å². The SMILES string of the molecule is Cn1ccc2cccc(C(=O)n3nc(N)c4ccccc43)c21. The first kappa shape index (κ1) is 12.6. The summed E-state index contributed by atoms with van der Waals surface area (Å²) in [6.45, 7) is 0. The Bertz CT molecular complexity index is 1030. The van der Waals surface area contributed by atoms with Crippen molar-refractivity contribution in [1.29, 1.82) is 0 Å². The summed E-state index contributed by atoms with van der Waals surface area (Å²) >= 11 is 0. The molecule has 108 valence electrons. The molecular formula is C17H14N4O. The van der Waals surface area contributed by atoms with Crippen molar-refractivity contribution >= 4 is 33.5 Å². The fourth-order valence-electron chi connectivity index (χ4n) is 2.89. The summed E-state index contributed by atoms with van der Waals surface area (Å²) < 4.78 is 3.32. The van der Waals surface area contributed by atoms with Crippen LogP contribution in [0.15, 0.2) is 54.7 Å². The molecule has 2 aromatic carbocycles. The Balaban J connectivity index is 1.98. The van der Waals surface area contributed by atoms with Gasteiger partial charge in [-0.1, -0.05) is 24.3 Å². The Morgan fingerprint density at radius 3 is 2.77 bits per heavy atom. The van der Waals surface area contributed by atoms with Crippen molar-refractivity contribution in [2.45, 2.75) is 0 Å². The quantitative estimate of drug-likeness (QED) is 0.586. The lowest BCUT2D eigenvalue weighted by Crippen LogP contribution is -2.15. The number of aryl methyl sites for hydroxylation is 1. The molecule has 0 aliphatic carbocycles. The highest BCUT2D eigenvalue weighted by Gasteiger charge is 2.18. The second-order valence-corrected chi connectivity index (χ2v) is 5.29. The van der Waals surface area contributed by atoms with E-state index in [0.29, 0.717) is 11.4 Å². The standard InChI is InChI=1S/C17H14N4O/c1-20-10-9-11-5-4-7-13(15(11)20)17(22)21-14-8-3-2-6-12(14)16(18)19-21/h2-10H,1H3,(H2,18,19). The zero-order valence-corrected chi connectivity index (χ0v) is 12.0. The Morgan fingerprint density at radius 1 is 1.09 bits per heavy atom. The third kappa shape index (κ3) is 1.65. The topological polar surface area (TPSA) is 65.8 Å². The number of anilines is 1. The molecule has 0 amide bonds. The van der Waals surface area contributed by atoms with Crippen LogP contribution in [0.4, 0.5) is 5.82 Å². The molecule has 2 aromatic heterocycles. The van der Waals surface area contributed by atoms with Crippen molar-refractivity contribution in [2.75, 3.05) is 5.73 Å². The van der Waals surface area contributed by atoms with Gasteiger partial charge in [-0.25, -0.2) is 0 Å². The molecule has 4 rings (SSSR count). The second kappa shape index (κ2) is 4.46. The summed E-state index contributed by atoms with van der Waals surface area (Å²) in [5.74, 6) is 0.184. The normalized spacial score (nSPS) is 11.3. The number of nitrogens with two attached hydrogens (primary N) is 1. The Labute approximate surface area is 126 Å². The molecule has 4 aromatic rings. The number of nitrogens with zero attached hydrogens (tertiary/aromatic N) is 3. The van der Waals surface area contributed by atoms with Crippen molar-refractivity contribution in [3.05, 3.63) is 60.3 Å². The van der Waals surface area contributed by atoms with E-state index in [9.17, 15) is 4.79 Å². The van der Waals surface area contributed by atoms with Gasteiger partial charge in [-0.15, -0.1) is 5.10 Å². The number of hydrogen-bond donors (Lipinski definition) is 1. The van der Waals surface area contributed by atoms with Gasteiger partial charge in [-0.05, 0) is 24.3 Å². The number of nitrogen functional groups attached to an aromatic ring is 1. The van der Waals surface area contributed by atoms with Gasteiger partial charge in [-0.2, -0.15) is 4.68 Å². The number of para-hydroxylation sites is 2. The number of carbonyl (C=O) groups excluding carboxylic acids is 1. The lowest BCUT2D eigenvalue weighted by Gasteiger charge is -2.06. The van der Waals surface area contributed by atoms with E-state index in [4.69, 9.17) is 5.73 Å². The molecular weight excluding hydrogens is 276 g/mol. The third-order valence-corrected chi connectivity index (χ3v) is 3.94. The Morgan fingerprint density at radius 2 is 1.91 bits per heavy atom. The van der Waals surface area contributed by atoms with Crippen LogP contribution in [-0.4, -0.2) is 20.3 Å². The van der Waals surface area contributed by atoms with Crippen LogP contribution >= 0.6 is 0 Å². The molecule has 0 saturated heterocycles. The van der Waals surface area contributed by atoms with Crippen LogP contribution in [0.25, 0.3) is 21.8 Å². The zero-order valence-electron chi connectivity index (χ0n) is 12.0. The molecule has 0 radical (unpaired) electrons. The van der Waals surface area contributed by atoms with Gasteiger partial charge in [0, 0.05) is 24.0 Å².